The summed E-state index contributed by atoms with van der Waals surface area (Å²) in [5, 5.41) is 2.91. The first-order valence-corrected chi connectivity index (χ1v) is 12.3. The van der Waals surface area contributed by atoms with Crippen LogP contribution in [0, 0.1) is 5.92 Å². The van der Waals surface area contributed by atoms with Gasteiger partial charge in [-0.3, -0.25) is 9.00 Å². The Hall–Kier alpha value is -2.84. The maximum atomic E-state index is 12.7. The van der Waals surface area contributed by atoms with Crippen molar-refractivity contribution in [3.63, 3.8) is 0 Å². The Morgan fingerprint density at radius 1 is 1.03 bits per heavy atom. The van der Waals surface area contributed by atoms with Crippen molar-refractivity contribution >= 4 is 34.0 Å². The fourth-order valence-corrected chi connectivity index (χ4v) is 5.13. The third-order valence-corrected chi connectivity index (χ3v) is 7.18. The molecule has 3 aromatic rings. The lowest BCUT2D eigenvalue weighted by Gasteiger charge is -2.15. The maximum absolute atomic E-state index is 12.7. The van der Waals surface area contributed by atoms with Crippen LogP contribution in [0.5, 0.6) is 5.75 Å². The lowest BCUT2D eigenvalue weighted by Crippen LogP contribution is -2.17. The van der Waals surface area contributed by atoms with E-state index in [0.29, 0.717) is 22.9 Å². The molecule has 34 heavy (non-hydrogen) atoms. The fourth-order valence-electron chi connectivity index (χ4n) is 3.46. The Kier molecular flexibility index (Phi) is 7.28. The summed E-state index contributed by atoms with van der Waals surface area (Å²) >= 11 is 6.32. The first-order valence-electron chi connectivity index (χ1n) is 10.6. The van der Waals surface area contributed by atoms with Gasteiger partial charge in [-0.2, -0.15) is 0 Å². The van der Waals surface area contributed by atoms with E-state index in [1.165, 1.54) is 30.3 Å². The summed E-state index contributed by atoms with van der Waals surface area (Å²) < 4.78 is 54.5. The number of rotatable bonds is 8. The first-order chi connectivity index (χ1) is 16.2. The summed E-state index contributed by atoms with van der Waals surface area (Å²) in [5.74, 6) is 0.602. The van der Waals surface area contributed by atoms with Crippen LogP contribution in [0.25, 0.3) is 11.1 Å². The van der Waals surface area contributed by atoms with Gasteiger partial charge in [0.2, 0.25) is 5.91 Å². The van der Waals surface area contributed by atoms with Crippen molar-refractivity contribution < 1.29 is 26.9 Å². The van der Waals surface area contributed by atoms with Gasteiger partial charge in [0.1, 0.15) is 5.75 Å². The van der Waals surface area contributed by atoms with Crippen molar-refractivity contribution in [1.29, 1.82) is 0 Å². The Bertz CT molecular complexity index is 1210. The minimum absolute atomic E-state index is 0.108. The molecule has 178 valence electrons. The Morgan fingerprint density at radius 3 is 2.38 bits per heavy atom. The average molecular weight is 508 g/mol. The van der Waals surface area contributed by atoms with Gasteiger partial charge in [0, 0.05) is 27.5 Å². The van der Waals surface area contributed by atoms with E-state index in [1.807, 2.05) is 0 Å². The molecule has 0 aliphatic heterocycles. The number of anilines is 1. The van der Waals surface area contributed by atoms with Crippen LogP contribution in [0.15, 0.2) is 71.6 Å². The van der Waals surface area contributed by atoms with Gasteiger partial charge >= 0.3 is 6.36 Å². The molecule has 9 heteroatoms. The van der Waals surface area contributed by atoms with Gasteiger partial charge in [-0.05, 0) is 54.7 Å². The minimum atomic E-state index is -4.83. The summed E-state index contributed by atoms with van der Waals surface area (Å²) in [5.41, 5.74) is 1.71. The predicted octanol–water partition coefficient (Wildman–Crippen LogP) is 6.60. The maximum Gasteiger partial charge on any atom is 0.573 e. The predicted molar refractivity (Wildman–Crippen MR) is 126 cm³/mol. The largest absolute Gasteiger partial charge is 0.573 e. The number of ether oxygens (including phenoxy) is 1. The van der Waals surface area contributed by atoms with E-state index in [-0.39, 0.29) is 28.7 Å². The summed E-state index contributed by atoms with van der Waals surface area (Å²) in [4.78, 5) is 13.2. The normalized spacial score (nSPS) is 14.5. The molecule has 0 bridgehead atoms. The van der Waals surface area contributed by atoms with Crippen LogP contribution in [0.2, 0.25) is 5.02 Å². The monoisotopic (exact) mass is 507 g/mol. The molecule has 3 aromatic carbocycles. The van der Waals surface area contributed by atoms with Crippen LogP contribution in [0.4, 0.5) is 18.9 Å². The molecule has 1 aliphatic rings. The van der Waals surface area contributed by atoms with E-state index in [0.717, 1.165) is 23.3 Å². The molecule has 1 N–H and O–H groups in total. The molecule has 1 unspecified atom stereocenters. The lowest BCUT2D eigenvalue weighted by atomic mass is 10.0. The van der Waals surface area contributed by atoms with E-state index in [4.69, 9.17) is 11.6 Å². The van der Waals surface area contributed by atoms with Crippen molar-refractivity contribution in [3.8, 4) is 16.9 Å². The second-order valence-electron chi connectivity index (χ2n) is 8.06. The molecule has 1 aliphatic carbocycles. The van der Waals surface area contributed by atoms with Crippen molar-refractivity contribution in [3.05, 3.63) is 77.3 Å². The smallest absolute Gasteiger partial charge is 0.405 e. The highest BCUT2D eigenvalue weighted by Crippen LogP contribution is 2.38. The quantitative estimate of drug-likeness (QED) is 0.373. The summed E-state index contributed by atoms with van der Waals surface area (Å²) in [6, 6.07) is 17.4. The molecule has 0 spiro atoms. The van der Waals surface area contributed by atoms with E-state index >= 15 is 0 Å². The molecule has 4 rings (SSSR count). The Balaban J connectivity index is 1.41. The van der Waals surface area contributed by atoms with Crippen LogP contribution in [-0.2, 0) is 22.0 Å². The van der Waals surface area contributed by atoms with Crippen molar-refractivity contribution in [2.75, 3.05) is 11.1 Å². The van der Waals surface area contributed by atoms with E-state index in [1.54, 1.807) is 36.4 Å². The molecule has 1 atom stereocenters. The van der Waals surface area contributed by atoms with Gasteiger partial charge in [0.05, 0.1) is 22.2 Å². The third-order valence-electron chi connectivity index (χ3n) is 5.29. The SMILES string of the molecule is O=C(Cc1ccc(S(=O)CC2CC2)cc1)Nc1ccc(-c2ccccc2OC(F)(F)F)c(Cl)c1. The number of hydrogen-bond donors (Lipinski definition) is 1. The Morgan fingerprint density at radius 2 is 1.74 bits per heavy atom. The zero-order valence-electron chi connectivity index (χ0n) is 17.9. The molecule has 4 nitrogen and oxygen atoms in total. The number of amides is 1. The van der Waals surface area contributed by atoms with E-state index in [2.05, 4.69) is 10.1 Å². The van der Waals surface area contributed by atoms with Crippen LogP contribution in [-0.4, -0.2) is 22.2 Å². The van der Waals surface area contributed by atoms with Crippen molar-refractivity contribution in [2.24, 2.45) is 5.92 Å². The first kappa shape index (κ1) is 24.3. The topological polar surface area (TPSA) is 55.4 Å². The second-order valence-corrected chi connectivity index (χ2v) is 9.97. The summed E-state index contributed by atoms with van der Waals surface area (Å²) in [6.45, 7) is 0. The minimum Gasteiger partial charge on any atom is -0.405 e. The number of hydrogen-bond acceptors (Lipinski definition) is 3. The molecule has 1 fully saturated rings. The molecule has 0 radical (unpaired) electrons. The lowest BCUT2D eigenvalue weighted by molar-refractivity contribution is -0.274. The molecular weight excluding hydrogens is 487 g/mol. The van der Waals surface area contributed by atoms with Gasteiger partial charge < -0.3 is 10.1 Å². The number of benzene rings is 3. The molecule has 0 heterocycles. The zero-order chi connectivity index (χ0) is 24.3. The van der Waals surface area contributed by atoms with Gasteiger partial charge in [0.15, 0.2) is 0 Å². The second kappa shape index (κ2) is 10.2. The van der Waals surface area contributed by atoms with Crippen LogP contribution < -0.4 is 10.1 Å². The van der Waals surface area contributed by atoms with E-state index < -0.39 is 17.2 Å². The standard InChI is InChI=1S/C25H21ClF3NO3S/c26-22-14-18(9-12-20(22)21-3-1-2-4-23(21)33-25(27,28)29)30-24(31)13-16-7-10-19(11-8-16)34(32)15-17-5-6-17/h1-4,7-12,14,17H,5-6,13,15H2,(H,30,31). The molecule has 0 saturated heterocycles. The van der Waals surface area contributed by atoms with Gasteiger partial charge in [-0.1, -0.05) is 48.0 Å². The average Bonchev–Trinajstić information content (AvgIpc) is 3.58. The highest BCUT2D eigenvalue weighted by Gasteiger charge is 2.32. The highest BCUT2D eigenvalue weighted by molar-refractivity contribution is 7.85. The summed E-state index contributed by atoms with van der Waals surface area (Å²) in [6.07, 6.45) is -2.44. The Labute approximate surface area is 202 Å². The van der Waals surface area contributed by atoms with Crippen LogP contribution in [0.3, 0.4) is 0 Å². The number of carbonyl (C=O) groups excluding carboxylic acids is 1. The van der Waals surface area contributed by atoms with E-state index in [9.17, 15) is 22.2 Å². The highest BCUT2D eigenvalue weighted by atomic mass is 35.5. The molecule has 1 amide bonds. The molecule has 0 aromatic heterocycles. The number of nitrogens with one attached hydrogen (secondary N) is 1. The van der Waals surface area contributed by atoms with Gasteiger partial charge in [-0.25, -0.2) is 0 Å². The molecule has 1 saturated carbocycles. The number of para-hydroxylation sites is 1. The van der Waals surface area contributed by atoms with Crippen molar-refractivity contribution in [2.45, 2.75) is 30.5 Å². The third kappa shape index (κ3) is 6.61. The number of halogens is 4. The fraction of sp³-hybridized carbons (Fsp3) is 0.240. The van der Waals surface area contributed by atoms with Crippen LogP contribution >= 0.6 is 11.6 Å². The van der Waals surface area contributed by atoms with Crippen LogP contribution in [0.1, 0.15) is 18.4 Å². The molecular formula is C25H21ClF3NO3S. The van der Waals surface area contributed by atoms with Crippen molar-refractivity contribution in [1.82, 2.24) is 0 Å². The van der Waals surface area contributed by atoms with Gasteiger partial charge in [0.25, 0.3) is 0 Å². The number of alkyl halides is 3. The number of carbonyl (C=O) groups is 1. The zero-order valence-corrected chi connectivity index (χ0v) is 19.5. The van der Waals surface area contributed by atoms with Gasteiger partial charge in [-0.15, -0.1) is 13.2 Å². The summed E-state index contributed by atoms with van der Waals surface area (Å²) in [7, 11) is -1.02.